The minimum absolute atomic E-state index is 0. The Morgan fingerprint density at radius 2 is 2.06 bits per heavy atom. The third kappa shape index (κ3) is 3.12. The zero-order valence-corrected chi connectivity index (χ0v) is 11.3. The summed E-state index contributed by atoms with van der Waals surface area (Å²) >= 11 is 0. The molecule has 2 rings (SSSR count). The summed E-state index contributed by atoms with van der Waals surface area (Å²) in [6.07, 6.45) is 4.04. The van der Waals surface area contributed by atoms with Crippen LogP contribution in [-0.2, 0) is 9.53 Å². The van der Waals surface area contributed by atoms with E-state index in [1.54, 1.807) is 0 Å². The average Bonchev–Trinajstić information content (AvgIpc) is 2.72. The van der Waals surface area contributed by atoms with Crippen LogP contribution in [0.15, 0.2) is 0 Å². The van der Waals surface area contributed by atoms with Crippen molar-refractivity contribution in [1.29, 1.82) is 0 Å². The molecule has 17 heavy (non-hydrogen) atoms. The molecule has 0 radical (unpaired) electrons. The van der Waals surface area contributed by atoms with Crippen molar-refractivity contribution in [2.45, 2.75) is 38.6 Å². The summed E-state index contributed by atoms with van der Waals surface area (Å²) < 4.78 is 5.39. The molecule has 0 aromatic heterocycles. The fourth-order valence-corrected chi connectivity index (χ4v) is 2.74. The Labute approximate surface area is 109 Å². The van der Waals surface area contributed by atoms with Crippen molar-refractivity contribution >= 4 is 18.3 Å². The lowest BCUT2D eigenvalue weighted by atomic mass is 9.80. The summed E-state index contributed by atoms with van der Waals surface area (Å²) in [4.78, 5) is 13.9. The standard InChI is InChI=1S/C12H22N2O2.ClH/c1-2-10(13)11(15)14-6-3-12(9-14)4-7-16-8-5-12;/h10H,2-9,13H2,1H3;1H/t10-;/m0./s1. The molecule has 0 unspecified atom stereocenters. The molecule has 2 fully saturated rings. The summed E-state index contributed by atoms with van der Waals surface area (Å²) in [6.45, 7) is 5.43. The van der Waals surface area contributed by atoms with E-state index < -0.39 is 0 Å². The minimum Gasteiger partial charge on any atom is -0.381 e. The van der Waals surface area contributed by atoms with Gasteiger partial charge < -0.3 is 15.4 Å². The van der Waals surface area contributed by atoms with E-state index in [0.717, 1.165) is 52.0 Å². The van der Waals surface area contributed by atoms with Gasteiger partial charge in [-0.25, -0.2) is 0 Å². The van der Waals surface area contributed by atoms with E-state index in [0.29, 0.717) is 5.41 Å². The van der Waals surface area contributed by atoms with Crippen LogP contribution in [-0.4, -0.2) is 43.2 Å². The highest BCUT2D eigenvalue weighted by Gasteiger charge is 2.41. The number of rotatable bonds is 2. The molecule has 0 aromatic carbocycles. The van der Waals surface area contributed by atoms with Crippen LogP contribution >= 0.6 is 12.4 Å². The van der Waals surface area contributed by atoms with Crippen LogP contribution in [0, 0.1) is 5.41 Å². The molecule has 2 heterocycles. The molecule has 4 nitrogen and oxygen atoms in total. The number of halogens is 1. The number of hydrogen-bond donors (Lipinski definition) is 1. The number of nitrogens with two attached hydrogens (primary N) is 1. The molecule has 1 spiro atoms. The number of ether oxygens (including phenoxy) is 1. The molecular weight excluding hydrogens is 240 g/mol. The minimum atomic E-state index is -0.310. The molecule has 0 aliphatic carbocycles. The predicted molar refractivity (Wildman–Crippen MR) is 69.2 cm³/mol. The first-order valence-electron chi connectivity index (χ1n) is 6.29. The maximum atomic E-state index is 12.0. The fourth-order valence-electron chi connectivity index (χ4n) is 2.74. The first-order valence-corrected chi connectivity index (χ1v) is 6.29. The van der Waals surface area contributed by atoms with Crippen molar-refractivity contribution in [3.8, 4) is 0 Å². The number of carbonyl (C=O) groups excluding carboxylic acids is 1. The first-order chi connectivity index (χ1) is 7.67. The van der Waals surface area contributed by atoms with E-state index in [2.05, 4.69) is 0 Å². The van der Waals surface area contributed by atoms with Gasteiger partial charge in [0.2, 0.25) is 5.91 Å². The number of hydrogen-bond acceptors (Lipinski definition) is 3. The maximum absolute atomic E-state index is 12.0. The van der Waals surface area contributed by atoms with Crippen LogP contribution in [0.2, 0.25) is 0 Å². The normalized spacial score (nSPS) is 24.5. The first kappa shape index (κ1) is 14.7. The number of nitrogens with zero attached hydrogens (tertiary/aromatic N) is 1. The molecule has 2 aliphatic heterocycles. The molecule has 1 amide bonds. The van der Waals surface area contributed by atoms with Gasteiger partial charge >= 0.3 is 0 Å². The highest BCUT2D eigenvalue weighted by Crippen LogP contribution is 2.39. The zero-order valence-electron chi connectivity index (χ0n) is 10.5. The van der Waals surface area contributed by atoms with E-state index >= 15 is 0 Å². The second kappa shape index (κ2) is 6.03. The Kier molecular flexibility index (Phi) is 5.22. The largest absolute Gasteiger partial charge is 0.381 e. The Hall–Kier alpha value is -0.320. The summed E-state index contributed by atoms with van der Waals surface area (Å²) in [7, 11) is 0. The Balaban J connectivity index is 0.00000144. The van der Waals surface area contributed by atoms with E-state index in [-0.39, 0.29) is 24.4 Å². The van der Waals surface area contributed by atoms with Crippen LogP contribution in [0.5, 0.6) is 0 Å². The molecule has 100 valence electrons. The van der Waals surface area contributed by atoms with Gasteiger partial charge in [-0.3, -0.25) is 4.79 Å². The summed E-state index contributed by atoms with van der Waals surface area (Å²) in [5.41, 5.74) is 6.13. The fraction of sp³-hybridized carbons (Fsp3) is 0.917. The van der Waals surface area contributed by atoms with Gasteiger partial charge in [0.1, 0.15) is 0 Å². The monoisotopic (exact) mass is 262 g/mol. The maximum Gasteiger partial charge on any atom is 0.239 e. The summed E-state index contributed by atoms with van der Waals surface area (Å²) in [5.74, 6) is 0.130. The molecular formula is C12H23ClN2O2. The molecule has 2 aliphatic rings. The number of carbonyl (C=O) groups is 1. The van der Waals surface area contributed by atoms with Crippen molar-refractivity contribution in [2.75, 3.05) is 26.3 Å². The smallest absolute Gasteiger partial charge is 0.239 e. The van der Waals surface area contributed by atoms with Crippen molar-refractivity contribution in [3.05, 3.63) is 0 Å². The lowest BCUT2D eigenvalue weighted by Crippen LogP contribution is -2.43. The van der Waals surface area contributed by atoms with E-state index in [1.807, 2.05) is 11.8 Å². The SMILES string of the molecule is CC[C@H](N)C(=O)N1CCC2(CCOCC2)C1.Cl. The van der Waals surface area contributed by atoms with Crippen LogP contribution in [0.4, 0.5) is 0 Å². The summed E-state index contributed by atoms with van der Waals surface area (Å²) in [5, 5.41) is 0. The topological polar surface area (TPSA) is 55.6 Å². The molecule has 2 N–H and O–H groups in total. The Morgan fingerprint density at radius 1 is 1.41 bits per heavy atom. The lowest BCUT2D eigenvalue weighted by Gasteiger charge is -2.33. The van der Waals surface area contributed by atoms with Crippen molar-refractivity contribution in [1.82, 2.24) is 4.90 Å². The van der Waals surface area contributed by atoms with E-state index in [4.69, 9.17) is 10.5 Å². The van der Waals surface area contributed by atoms with Gasteiger partial charge in [-0.15, -0.1) is 12.4 Å². The number of amides is 1. The van der Waals surface area contributed by atoms with Gasteiger partial charge in [-0.2, -0.15) is 0 Å². The highest BCUT2D eigenvalue weighted by atomic mass is 35.5. The third-order valence-electron chi connectivity index (χ3n) is 4.06. The van der Waals surface area contributed by atoms with Gasteiger partial charge in [0, 0.05) is 26.3 Å². The van der Waals surface area contributed by atoms with Crippen LogP contribution in [0.25, 0.3) is 0 Å². The Morgan fingerprint density at radius 3 is 2.65 bits per heavy atom. The van der Waals surface area contributed by atoms with Gasteiger partial charge in [-0.1, -0.05) is 6.92 Å². The molecule has 1 atom stereocenters. The Bertz CT molecular complexity index is 267. The molecule has 0 aromatic rings. The van der Waals surface area contributed by atoms with Crippen LogP contribution in [0.1, 0.15) is 32.6 Å². The van der Waals surface area contributed by atoms with E-state index in [9.17, 15) is 4.79 Å². The van der Waals surface area contributed by atoms with Crippen molar-refractivity contribution in [2.24, 2.45) is 11.1 Å². The predicted octanol–water partition coefficient (Wildman–Crippen LogP) is 1.17. The molecule has 0 saturated carbocycles. The van der Waals surface area contributed by atoms with Gasteiger partial charge in [0.05, 0.1) is 6.04 Å². The van der Waals surface area contributed by atoms with Gasteiger partial charge in [-0.05, 0) is 31.1 Å². The van der Waals surface area contributed by atoms with Crippen LogP contribution in [0.3, 0.4) is 0 Å². The van der Waals surface area contributed by atoms with Crippen LogP contribution < -0.4 is 5.73 Å². The lowest BCUT2D eigenvalue weighted by molar-refractivity contribution is -0.132. The second-order valence-electron chi connectivity index (χ2n) is 5.14. The number of likely N-dealkylation sites (tertiary alicyclic amines) is 1. The highest BCUT2D eigenvalue weighted by molar-refractivity contribution is 5.85. The van der Waals surface area contributed by atoms with E-state index in [1.165, 1.54) is 0 Å². The van der Waals surface area contributed by atoms with Gasteiger partial charge in [0.15, 0.2) is 0 Å². The van der Waals surface area contributed by atoms with Crippen molar-refractivity contribution < 1.29 is 9.53 Å². The average molecular weight is 263 g/mol. The molecule has 5 heteroatoms. The zero-order chi connectivity index (χ0) is 11.6. The third-order valence-corrected chi connectivity index (χ3v) is 4.06. The second-order valence-corrected chi connectivity index (χ2v) is 5.14. The molecule has 0 bridgehead atoms. The van der Waals surface area contributed by atoms with Gasteiger partial charge in [0.25, 0.3) is 0 Å². The van der Waals surface area contributed by atoms with Crippen molar-refractivity contribution in [3.63, 3.8) is 0 Å². The quantitative estimate of drug-likeness (QED) is 0.813. The summed E-state index contributed by atoms with van der Waals surface area (Å²) in [6, 6.07) is -0.310. The molecule has 2 saturated heterocycles.